The number of anilines is 2. The molecular weight excluding hydrogens is 278 g/mol. The SMILES string of the molecule is CCCNc1nc(N2CCC(NC(C)=O)C2)c(F)cc1F. The summed E-state index contributed by atoms with van der Waals surface area (Å²) < 4.78 is 27.6. The highest BCUT2D eigenvalue weighted by atomic mass is 19.1. The molecule has 0 aliphatic carbocycles. The third kappa shape index (κ3) is 3.80. The summed E-state index contributed by atoms with van der Waals surface area (Å²) in [5.74, 6) is -1.29. The normalized spacial score (nSPS) is 17.9. The number of nitrogens with one attached hydrogen (secondary N) is 2. The van der Waals surface area contributed by atoms with Gasteiger partial charge in [0.1, 0.15) is 0 Å². The molecule has 0 bridgehead atoms. The van der Waals surface area contributed by atoms with Crippen LogP contribution in [0.3, 0.4) is 0 Å². The Kier molecular flexibility index (Phi) is 4.93. The lowest BCUT2D eigenvalue weighted by Crippen LogP contribution is -2.36. The summed E-state index contributed by atoms with van der Waals surface area (Å²) in [7, 11) is 0. The molecule has 116 valence electrons. The molecule has 1 aliphatic rings. The molecule has 1 atom stereocenters. The second kappa shape index (κ2) is 6.69. The Morgan fingerprint density at radius 1 is 1.48 bits per heavy atom. The predicted octanol–water partition coefficient (Wildman–Crippen LogP) is 1.90. The Hall–Kier alpha value is -1.92. The smallest absolute Gasteiger partial charge is 0.217 e. The van der Waals surface area contributed by atoms with Gasteiger partial charge in [-0.1, -0.05) is 6.92 Å². The van der Waals surface area contributed by atoms with Gasteiger partial charge in [-0.3, -0.25) is 4.79 Å². The first-order valence-corrected chi connectivity index (χ1v) is 7.13. The van der Waals surface area contributed by atoms with Crippen LogP contribution in [0.2, 0.25) is 0 Å². The van der Waals surface area contributed by atoms with Crippen LogP contribution in [0.25, 0.3) is 0 Å². The van der Waals surface area contributed by atoms with Crippen molar-refractivity contribution in [3.8, 4) is 0 Å². The van der Waals surface area contributed by atoms with Gasteiger partial charge in [-0.25, -0.2) is 13.8 Å². The molecule has 0 radical (unpaired) electrons. The minimum Gasteiger partial charge on any atom is -0.368 e. The van der Waals surface area contributed by atoms with Crippen molar-refractivity contribution in [2.75, 3.05) is 29.9 Å². The zero-order valence-corrected chi connectivity index (χ0v) is 12.2. The summed E-state index contributed by atoms with van der Waals surface area (Å²) in [5, 5.41) is 5.65. The maximum Gasteiger partial charge on any atom is 0.217 e. The van der Waals surface area contributed by atoms with E-state index < -0.39 is 11.6 Å². The predicted molar refractivity (Wildman–Crippen MR) is 77.4 cm³/mol. The quantitative estimate of drug-likeness (QED) is 0.871. The van der Waals surface area contributed by atoms with Crippen molar-refractivity contribution in [3.63, 3.8) is 0 Å². The molecule has 1 unspecified atom stereocenters. The summed E-state index contributed by atoms with van der Waals surface area (Å²) in [6.45, 7) is 5.03. The first kappa shape index (κ1) is 15.5. The van der Waals surface area contributed by atoms with Crippen LogP contribution in [-0.4, -0.2) is 36.6 Å². The molecular formula is C14H20F2N4O. The summed E-state index contributed by atoms with van der Waals surface area (Å²) in [6.07, 6.45) is 1.54. The average Bonchev–Trinajstić information content (AvgIpc) is 2.85. The molecule has 2 N–H and O–H groups in total. The molecule has 0 aromatic carbocycles. The number of halogens is 2. The highest BCUT2D eigenvalue weighted by molar-refractivity contribution is 5.73. The van der Waals surface area contributed by atoms with Gasteiger partial charge in [0.25, 0.3) is 0 Å². The topological polar surface area (TPSA) is 57.3 Å². The van der Waals surface area contributed by atoms with Gasteiger partial charge < -0.3 is 15.5 Å². The van der Waals surface area contributed by atoms with Crippen LogP contribution in [0.1, 0.15) is 26.7 Å². The van der Waals surface area contributed by atoms with Crippen LogP contribution >= 0.6 is 0 Å². The van der Waals surface area contributed by atoms with Gasteiger partial charge >= 0.3 is 0 Å². The molecule has 2 rings (SSSR count). The van der Waals surface area contributed by atoms with E-state index in [1.807, 2.05) is 6.92 Å². The third-order valence-corrected chi connectivity index (χ3v) is 3.35. The zero-order chi connectivity index (χ0) is 15.4. The van der Waals surface area contributed by atoms with Crippen LogP contribution < -0.4 is 15.5 Å². The summed E-state index contributed by atoms with van der Waals surface area (Å²) in [5.41, 5.74) is 0. The van der Waals surface area contributed by atoms with Crippen LogP contribution in [0.5, 0.6) is 0 Å². The standard InChI is InChI=1S/C14H20F2N4O/c1-3-5-17-13-11(15)7-12(16)14(19-13)20-6-4-10(8-20)18-9(2)21/h7,10H,3-6,8H2,1-2H3,(H,17,19)(H,18,21). The molecule has 1 saturated heterocycles. The number of amides is 1. The minimum absolute atomic E-state index is 0.0270. The Balaban J connectivity index is 2.14. The van der Waals surface area contributed by atoms with Gasteiger partial charge in [-0.2, -0.15) is 0 Å². The number of carbonyl (C=O) groups excluding carboxylic acids is 1. The van der Waals surface area contributed by atoms with Crippen LogP contribution in [0.4, 0.5) is 20.4 Å². The van der Waals surface area contributed by atoms with E-state index in [4.69, 9.17) is 0 Å². The first-order valence-electron chi connectivity index (χ1n) is 7.13. The lowest BCUT2D eigenvalue weighted by atomic mass is 10.2. The van der Waals surface area contributed by atoms with E-state index in [1.165, 1.54) is 6.92 Å². The fourth-order valence-corrected chi connectivity index (χ4v) is 2.40. The summed E-state index contributed by atoms with van der Waals surface area (Å²) in [6, 6.07) is 0.826. The fourth-order valence-electron chi connectivity index (χ4n) is 2.40. The second-order valence-electron chi connectivity index (χ2n) is 5.18. The average molecular weight is 298 g/mol. The fraction of sp³-hybridized carbons (Fsp3) is 0.571. The molecule has 1 aromatic heterocycles. The molecule has 7 heteroatoms. The van der Waals surface area contributed by atoms with Gasteiger partial charge in [0.05, 0.1) is 0 Å². The Morgan fingerprint density at radius 3 is 2.90 bits per heavy atom. The monoisotopic (exact) mass is 298 g/mol. The lowest BCUT2D eigenvalue weighted by Gasteiger charge is -2.19. The zero-order valence-electron chi connectivity index (χ0n) is 12.2. The van der Waals surface area contributed by atoms with E-state index in [0.29, 0.717) is 19.6 Å². The molecule has 2 heterocycles. The number of hydrogen-bond donors (Lipinski definition) is 2. The maximum atomic E-state index is 13.9. The Bertz CT molecular complexity index is 524. The van der Waals surface area contributed by atoms with E-state index in [9.17, 15) is 13.6 Å². The van der Waals surface area contributed by atoms with Crippen molar-refractivity contribution < 1.29 is 13.6 Å². The number of rotatable bonds is 5. The number of aromatic nitrogens is 1. The van der Waals surface area contributed by atoms with Crippen molar-refractivity contribution in [1.29, 1.82) is 0 Å². The van der Waals surface area contributed by atoms with Crippen LogP contribution in [0.15, 0.2) is 6.07 Å². The van der Waals surface area contributed by atoms with Crippen LogP contribution in [0, 0.1) is 11.6 Å². The molecule has 1 fully saturated rings. The second-order valence-corrected chi connectivity index (χ2v) is 5.18. The number of carbonyl (C=O) groups is 1. The third-order valence-electron chi connectivity index (χ3n) is 3.35. The molecule has 0 spiro atoms. The number of pyridine rings is 1. The van der Waals surface area contributed by atoms with Gasteiger partial charge in [0.2, 0.25) is 5.91 Å². The van der Waals surface area contributed by atoms with Crippen molar-refractivity contribution in [1.82, 2.24) is 10.3 Å². The van der Waals surface area contributed by atoms with E-state index in [2.05, 4.69) is 15.6 Å². The summed E-state index contributed by atoms with van der Waals surface area (Å²) in [4.78, 5) is 16.8. The van der Waals surface area contributed by atoms with Crippen molar-refractivity contribution in [3.05, 3.63) is 17.7 Å². The highest BCUT2D eigenvalue weighted by Crippen LogP contribution is 2.25. The molecule has 21 heavy (non-hydrogen) atoms. The van der Waals surface area contributed by atoms with E-state index in [0.717, 1.165) is 18.9 Å². The number of nitrogens with zero attached hydrogens (tertiary/aromatic N) is 2. The van der Waals surface area contributed by atoms with Gasteiger partial charge in [-0.05, 0) is 12.8 Å². The molecule has 5 nitrogen and oxygen atoms in total. The highest BCUT2D eigenvalue weighted by Gasteiger charge is 2.27. The van der Waals surface area contributed by atoms with E-state index in [-0.39, 0.29) is 23.6 Å². The first-order chi connectivity index (χ1) is 10.0. The Morgan fingerprint density at radius 2 is 2.24 bits per heavy atom. The van der Waals surface area contributed by atoms with E-state index in [1.54, 1.807) is 4.90 Å². The van der Waals surface area contributed by atoms with E-state index >= 15 is 0 Å². The van der Waals surface area contributed by atoms with Gasteiger partial charge in [0, 0.05) is 38.7 Å². The minimum atomic E-state index is -0.692. The number of hydrogen-bond acceptors (Lipinski definition) is 4. The molecule has 1 aliphatic heterocycles. The molecule has 1 aromatic rings. The van der Waals surface area contributed by atoms with Gasteiger partial charge in [-0.15, -0.1) is 0 Å². The Labute approximate surface area is 122 Å². The van der Waals surface area contributed by atoms with Gasteiger partial charge in [0.15, 0.2) is 23.3 Å². The lowest BCUT2D eigenvalue weighted by molar-refractivity contribution is -0.119. The van der Waals surface area contributed by atoms with Crippen molar-refractivity contribution in [2.45, 2.75) is 32.7 Å². The van der Waals surface area contributed by atoms with Crippen molar-refractivity contribution >= 4 is 17.5 Å². The van der Waals surface area contributed by atoms with Crippen molar-refractivity contribution in [2.24, 2.45) is 0 Å². The summed E-state index contributed by atoms with van der Waals surface area (Å²) >= 11 is 0. The largest absolute Gasteiger partial charge is 0.368 e. The maximum absolute atomic E-state index is 13.9. The molecule has 1 amide bonds. The van der Waals surface area contributed by atoms with Crippen LogP contribution in [-0.2, 0) is 4.79 Å². The molecule has 0 saturated carbocycles.